The number of hydrogen-bond acceptors (Lipinski definition) is 3. The molecule has 18 heavy (non-hydrogen) atoms. The number of hydrogen-bond donors (Lipinski definition) is 2. The van der Waals surface area contributed by atoms with Crippen LogP contribution in [0.4, 0.5) is 13.2 Å². The van der Waals surface area contributed by atoms with Crippen molar-refractivity contribution in [2.75, 3.05) is 26.2 Å². The van der Waals surface area contributed by atoms with Crippen LogP contribution >= 0.6 is 0 Å². The van der Waals surface area contributed by atoms with E-state index < -0.39 is 17.5 Å². The van der Waals surface area contributed by atoms with E-state index in [0.29, 0.717) is 13.1 Å². The quantitative estimate of drug-likeness (QED) is 0.784. The van der Waals surface area contributed by atoms with Crippen LogP contribution in [0.2, 0.25) is 0 Å². The molecule has 104 valence electrons. The van der Waals surface area contributed by atoms with Gasteiger partial charge >= 0.3 is 6.18 Å². The molecule has 2 saturated heterocycles. The normalized spacial score (nSPS) is 30.4. The Labute approximate surface area is 104 Å². The first-order chi connectivity index (χ1) is 8.46. The SMILES string of the molecule is O=C(NN1CCCCC1)C1(C(F)(F)F)CCNC1. The Morgan fingerprint density at radius 3 is 2.39 bits per heavy atom. The predicted octanol–water partition coefficient (Wildman–Crippen LogP) is 1.05. The molecule has 1 atom stereocenters. The lowest BCUT2D eigenvalue weighted by Crippen LogP contribution is -2.57. The number of carbonyl (C=O) groups excluding carboxylic acids is 1. The molecule has 0 radical (unpaired) electrons. The van der Waals surface area contributed by atoms with E-state index in [1.807, 2.05) is 0 Å². The predicted molar refractivity (Wildman–Crippen MR) is 59.5 cm³/mol. The van der Waals surface area contributed by atoms with Crippen LogP contribution in [0.15, 0.2) is 0 Å². The molecule has 0 aromatic heterocycles. The van der Waals surface area contributed by atoms with Gasteiger partial charge < -0.3 is 5.32 Å². The van der Waals surface area contributed by atoms with E-state index in [9.17, 15) is 18.0 Å². The van der Waals surface area contributed by atoms with Crippen molar-refractivity contribution in [3.8, 4) is 0 Å². The fraction of sp³-hybridized carbons (Fsp3) is 0.909. The Kier molecular flexibility index (Phi) is 3.82. The van der Waals surface area contributed by atoms with Crippen molar-refractivity contribution >= 4 is 5.91 Å². The number of amides is 1. The first-order valence-electron chi connectivity index (χ1n) is 6.29. The number of piperidine rings is 1. The number of nitrogens with one attached hydrogen (secondary N) is 2. The molecule has 2 heterocycles. The van der Waals surface area contributed by atoms with E-state index >= 15 is 0 Å². The molecule has 2 aliphatic heterocycles. The van der Waals surface area contributed by atoms with Crippen LogP contribution in [0.5, 0.6) is 0 Å². The minimum absolute atomic E-state index is 0.184. The molecular formula is C11H18F3N3O. The maximum absolute atomic E-state index is 13.1. The molecule has 1 amide bonds. The average Bonchev–Trinajstić information content (AvgIpc) is 2.80. The standard InChI is InChI=1S/C11H18F3N3O/c12-11(13,14)10(4-5-15-8-10)9(18)16-17-6-2-1-3-7-17/h15H,1-8H2,(H,16,18). The van der Waals surface area contributed by atoms with E-state index in [4.69, 9.17) is 0 Å². The van der Waals surface area contributed by atoms with Crippen LogP contribution < -0.4 is 10.7 Å². The first-order valence-corrected chi connectivity index (χ1v) is 6.29. The molecule has 0 aromatic carbocycles. The maximum Gasteiger partial charge on any atom is 0.404 e. The Balaban J connectivity index is 2.04. The summed E-state index contributed by atoms with van der Waals surface area (Å²) in [6, 6.07) is 0. The summed E-state index contributed by atoms with van der Waals surface area (Å²) >= 11 is 0. The Morgan fingerprint density at radius 1 is 1.22 bits per heavy atom. The van der Waals surface area contributed by atoms with Crippen LogP contribution in [0.25, 0.3) is 0 Å². The first kappa shape index (κ1) is 13.6. The molecule has 2 aliphatic rings. The van der Waals surface area contributed by atoms with Crippen LogP contribution in [-0.4, -0.2) is 43.3 Å². The van der Waals surface area contributed by atoms with Crippen molar-refractivity contribution in [3.05, 3.63) is 0 Å². The van der Waals surface area contributed by atoms with E-state index in [2.05, 4.69) is 10.7 Å². The van der Waals surface area contributed by atoms with Gasteiger partial charge in [0, 0.05) is 19.6 Å². The van der Waals surface area contributed by atoms with Crippen LogP contribution in [0, 0.1) is 5.41 Å². The van der Waals surface area contributed by atoms with Gasteiger partial charge in [-0.15, -0.1) is 0 Å². The summed E-state index contributed by atoms with van der Waals surface area (Å²) in [4.78, 5) is 12.0. The third-order valence-corrected chi connectivity index (χ3v) is 3.75. The third kappa shape index (κ3) is 2.47. The van der Waals surface area contributed by atoms with E-state index in [0.717, 1.165) is 19.3 Å². The molecule has 0 aliphatic carbocycles. The minimum Gasteiger partial charge on any atom is -0.315 e. The number of carbonyl (C=O) groups is 1. The number of alkyl halides is 3. The summed E-state index contributed by atoms with van der Waals surface area (Å²) in [6.45, 7) is 1.17. The summed E-state index contributed by atoms with van der Waals surface area (Å²) in [6.07, 6.45) is -1.79. The fourth-order valence-electron chi connectivity index (χ4n) is 2.51. The zero-order valence-corrected chi connectivity index (χ0v) is 10.1. The number of nitrogens with zero attached hydrogens (tertiary/aromatic N) is 1. The van der Waals surface area contributed by atoms with Gasteiger partial charge in [-0.1, -0.05) is 6.42 Å². The van der Waals surface area contributed by atoms with Crippen molar-refractivity contribution in [1.82, 2.24) is 15.8 Å². The van der Waals surface area contributed by atoms with Crippen LogP contribution in [-0.2, 0) is 4.79 Å². The summed E-state index contributed by atoms with van der Waals surface area (Å²) in [5.41, 5.74) is 0.183. The molecule has 2 fully saturated rings. The van der Waals surface area contributed by atoms with Gasteiger partial charge in [-0.25, -0.2) is 5.01 Å². The summed E-state index contributed by atoms with van der Waals surface area (Å²) in [5.74, 6) is -0.915. The Bertz CT molecular complexity index is 307. The van der Waals surface area contributed by atoms with E-state index in [-0.39, 0.29) is 19.5 Å². The highest BCUT2D eigenvalue weighted by Gasteiger charge is 2.61. The second-order valence-electron chi connectivity index (χ2n) is 5.00. The molecule has 0 spiro atoms. The molecule has 7 heteroatoms. The Hall–Kier alpha value is -0.820. The van der Waals surface area contributed by atoms with Crippen molar-refractivity contribution in [2.45, 2.75) is 31.9 Å². The van der Waals surface area contributed by atoms with Crippen molar-refractivity contribution < 1.29 is 18.0 Å². The van der Waals surface area contributed by atoms with Crippen LogP contribution in [0.3, 0.4) is 0 Å². The molecule has 2 N–H and O–H groups in total. The van der Waals surface area contributed by atoms with Gasteiger partial charge in [-0.05, 0) is 25.8 Å². The minimum atomic E-state index is -4.50. The molecule has 1 unspecified atom stereocenters. The lowest BCUT2D eigenvalue weighted by Gasteiger charge is -2.34. The lowest BCUT2D eigenvalue weighted by atomic mass is 9.85. The smallest absolute Gasteiger partial charge is 0.315 e. The van der Waals surface area contributed by atoms with Gasteiger partial charge in [0.2, 0.25) is 0 Å². The second-order valence-corrected chi connectivity index (χ2v) is 5.00. The second kappa shape index (κ2) is 5.05. The van der Waals surface area contributed by atoms with Gasteiger partial charge in [0.1, 0.15) is 0 Å². The van der Waals surface area contributed by atoms with Crippen molar-refractivity contribution in [3.63, 3.8) is 0 Å². The zero-order chi connectivity index (χ0) is 13.2. The fourth-order valence-corrected chi connectivity index (χ4v) is 2.51. The number of hydrazine groups is 1. The number of halogens is 3. The van der Waals surface area contributed by atoms with E-state index in [1.165, 1.54) is 0 Å². The third-order valence-electron chi connectivity index (χ3n) is 3.75. The molecule has 0 saturated carbocycles. The highest BCUT2D eigenvalue weighted by atomic mass is 19.4. The molecule has 0 bridgehead atoms. The molecule has 0 aromatic rings. The lowest BCUT2D eigenvalue weighted by molar-refractivity contribution is -0.218. The average molecular weight is 265 g/mol. The highest BCUT2D eigenvalue weighted by Crippen LogP contribution is 2.43. The van der Waals surface area contributed by atoms with Gasteiger partial charge in [0.05, 0.1) is 0 Å². The Morgan fingerprint density at radius 2 is 1.89 bits per heavy atom. The molecule has 2 rings (SSSR count). The van der Waals surface area contributed by atoms with Gasteiger partial charge in [0.15, 0.2) is 5.41 Å². The molecule has 4 nitrogen and oxygen atoms in total. The topological polar surface area (TPSA) is 44.4 Å². The number of rotatable bonds is 2. The highest BCUT2D eigenvalue weighted by molar-refractivity contribution is 5.83. The summed E-state index contributed by atoms with van der Waals surface area (Å²) in [5, 5.41) is 4.25. The van der Waals surface area contributed by atoms with Gasteiger partial charge in [-0.2, -0.15) is 13.2 Å². The monoisotopic (exact) mass is 265 g/mol. The van der Waals surface area contributed by atoms with E-state index in [1.54, 1.807) is 5.01 Å². The van der Waals surface area contributed by atoms with Crippen molar-refractivity contribution in [2.24, 2.45) is 5.41 Å². The largest absolute Gasteiger partial charge is 0.404 e. The summed E-state index contributed by atoms with van der Waals surface area (Å²) in [7, 11) is 0. The zero-order valence-electron chi connectivity index (χ0n) is 10.1. The van der Waals surface area contributed by atoms with Gasteiger partial charge in [-0.3, -0.25) is 10.2 Å². The van der Waals surface area contributed by atoms with Crippen LogP contribution in [0.1, 0.15) is 25.7 Å². The van der Waals surface area contributed by atoms with Crippen molar-refractivity contribution in [1.29, 1.82) is 0 Å². The van der Waals surface area contributed by atoms with Gasteiger partial charge in [0.25, 0.3) is 5.91 Å². The molecular weight excluding hydrogens is 247 g/mol. The summed E-state index contributed by atoms with van der Waals surface area (Å²) < 4.78 is 39.3. The maximum atomic E-state index is 13.1.